The van der Waals surface area contributed by atoms with Crippen LogP contribution in [0.4, 0.5) is 14.5 Å². The van der Waals surface area contributed by atoms with Crippen LogP contribution in [-0.2, 0) is 11.4 Å². The predicted molar refractivity (Wildman–Crippen MR) is 85.0 cm³/mol. The Hall–Kier alpha value is -2.54. The summed E-state index contributed by atoms with van der Waals surface area (Å²) in [5, 5.41) is 5.16. The summed E-state index contributed by atoms with van der Waals surface area (Å²) < 4.78 is 31.9. The van der Waals surface area contributed by atoms with Gasteiger partial charge < -0.3 is 10.1 Å². The van der Waals surface area contributed by atoms with Crippen LogP contribution in [0.3, 0.4) is 0 Å². The Morgan fingerprint density at radius 1 is 1.38 bits per heavy atom. The molecule has 2 N–H and O–H groups in total. The van der Waals surface area contributed by atoms with Gasteiger partial charge in [0.25, 0.3) is 5.92 Å². The molecule has 1 fully saturated rings. The fraction of sp³-hybridized carbons (Fsp3) is 0.294. The first kappa shape index (κ1) is 16.3. The number of alkyl halides is 2. The Morgan fingerprint density at radius 3 is 2.96 bits per heavy atom. The van der Waals surface area contributed by atoms with E-state index in [1.165, 1.54) is 0 Å². The fourth-order valence-corrected chi connectivity index (χ4v) is 2.44. The molecule has 3 rings (SSSR count). The van der Waals surface area contributed by atoms with Gasteiger partial charge in [-0.1, -0.05) is 12.1 Å². The molecule has 1 aliphatic rings. The lowest BCUT2D eigenvalue weighted by Crippen LogP contribution is -2.35. The molecular weight excluding hydrogens is 316 g/mol. The van der Waals surface area contributed by atoms with E-state index in [0.29, 0.717) is 18.0 Å². The van der Waals surface area contributed by atoms with E-state index < -0.39 is 30.8 Å². The van der Waals surface area contributed by atoms with Gasteiger partial charge in [0.05, 0.1) is 12.6 Å². The summed E-state index contributed by atoms with van der Waals surface area (Å²) in [6, 6.07) is 9.65. The number of nitrogens with zero attached hydrogens (tertiary/aromatic N) is 1. The molecule has 1 unspecified atom stereocenters. The van der Waals surface area contributed by atoms with Crippen LogP contribution in [0.2, 0.25) is 0 Å². The molecule has 1 amide bonds. The Morgan fingerprint density at radius 2 is 2.25 bits per heavy atom. The molecule has 1 aromatic heterocycles. The summed E-state index contributed by atoms with van der Waals surface area (Å²) in [5.41, 5.74) is 1.42. The number of pyridine rings is 1. The second-order valence-corrected chi connectivity index (χ2v) is 5.66. The number of benzene rings is 1. The third kappa shape index (κ3) is 4.26. The van der Waals surface area contributed by atoms with Crippen LogP contribution in [0.15, 0.2) is 48.8 Å². The van der Waals surface area contributed by atoms with E-state index in [1.807, 2.05) is 12.1 Å². The number of halogens is 2. The second-order valence-electron chi connectivity index (χ2n) is 5.66. The first-order valence-electron chi connectivity index (χ1n) is 7.56. The zero-order chi connectivity index (χ0) is 17.0. The molecule has 2 heterocycles. The molecule has 0 aliphatic carbocycles. The van der Waals surface area contributed by atoms with Crippen molar-refractivity contribution in [3.8, 4) is 5.75 Å². The molecule has 7 heteroatoms. The lowest BCUT2D eigenvalue weighted by Gasteiger charge is -2.12. The van der Waals surface area contributed by atoms with E-state index in [2.05, 4.69) is 15.6 Å². The largest absolute Gasteiger partial charge is 0.489 e. The summed E-state index contributed by atoms with van der Waals surface area (Å²) in [4.78, 5) is 16.0. The van der Waals surface area contributed by atoms with Crippen molar-refractivity contribution in [2.75, 3.05) is 11.9 Å². The quantitative estimate of drug-likeness (QED) is 0.883. The van der Waals surface area contributed by atoms with Crippen LogP contribution < -0.4 is 15.4 Å². The summed E-state index contributed by atoms with van der Waals surface area (Å²) in [5.74, 6) is -2.74. The highest BCUT2D eigenvalue weighted by atomic mass is 19.3. The highest BCUT2D eigenvalue weighted by Gasteiger charge is 2.42. The average molecular weight is 333 g/mol. The van der Waals surface area contributed by atoms with Crippen molar-refractivity contribution in [1.29, 1.82) is 0 Å². The number of rotatable bonds is 5. The van der Waals surface area contributed by atoms with Crippen LogP contribution >= 0.6 is 0 Å². The number of nitrogens with one attached hydrogen (secondary N) is 2. The zero-order valence-corrected chi connectivity index (χ0v) is 12.8. The fourth-order valence-electron chi connectivity index (χ4n) is 2.44. The van der Waals surface area contributed by atoms with Crippen molar-refractivity contribution in [3.63, 3.8) is 0 Å². The molecule has 2 aromatic rings. The molecular formula is C17H17F2N3O2. The van der Waals surface area contributed by atoms with Crippen molar-refractivity contribution >= 4 is 11.6 Å². The Balaban J connectivity index is 1.58. The maximum Gasteiger partial charge on any atom is 0.262 e. The van der Waals surface area contributed by atoms with E-state index in [4.69, 9.17) is 4.74 Å². The van der Waals surface area contributed by atoms with Crippen molar-refractivity contribution < 1.29 is 18.3 Å². The Bertz CT molecular complexity index is 710. The van der Waals surface area contributed by atoms with Crippen molar-refractivity contribution in [3.05, 3.63) is 54.4 Å². The number of anilines is 1. The molecule has 0 spiro atoms. The van der Waals surface area contributed by atoms with Crippen LogP contribution in [-0.4, -0.2) is 29.4 Å². The first-order valence-corrected chi connectivity index (χ1v) is 7.56. The molecule has 0 radical (unpaired) electrons. The van der Waals surface area contributed by atoms with Crippen LogP contribution in [0.1, 0.15) is 12.0 Å². The van der Waals surface area contributed by atoms with Gasteiger partial charge in [-0.15, -0.1) is 0 Å². The maximum atomic E-state index is 13.2. The number of amides is 1. The molecule has 0 saturated carbocycles. The van der Waals surface area contributed by atoms with E-state index in [0.717, 1.165) is 5.56 Å². The number of aromatic nitrogens is 1. The minimum atomic E-state index is -2.84. The minimum Gasteiger partial charge on any atom is -0.489 e. The molecule has 1 aromatic carbocycles. The van der Waals surface area contributed by atoms with Gasteiger partial charge in [-0.05, 0) is 18.2 Å². The highest BCUT2D eigenvalue weighted by Crippen LogP contribution is 2.26. The lowest BCUT2D eigenvalue weighted by molar-refractivity contribution is -0.118. The molecule has 0 bridgehead atoms. The van der Waals surface area contributed by atoms with Gasteiger partial charge in [0, 0.05) is 36.1 Å². The van der Waals surface area contributed by atoms with E-state index in [1.54, 1.807) is 36.7 Å². The highest BCUT2D eigenvalue weighted by molar-refractivity contribution is 5.95. The second kappa shape index (κ2) is 6.92. The van der Waals surface area contributed by atoms with Gasteiger partial charge in [0.1, 0.15) is 12.4 Å². The number of hydrogen-bond acceptors (Lipinski definition) is 4. The molecule has 24 heavy (non-hydrogen) atoms. The number of hydrogen-bond donors (Lipinski definition) is 2. The first-order chi connectivity index (χ1) is 11.5. The standard InChI is InChI=1S/C17H17F2N3O2/c18-17(19)8-15(21-11-17)16(23)22-13-4-1-5-14(7-13)24-10-12-3-2-6-20-9-12/h1-7,9,15,21H,8,10-11H2,(H,22,23). The lowest BCUT2D eigenvalue weighted by atomic mass is 10.2. The summed E-state index contributed by atoms with van der Waals surface area (Å²) in [6.07, 6.45) is 2.90. The number of carbonyl (C=O) groups excluding carboxylic acids is 1. The molecule has 1 saturated heterocycles. The number of ether oxygens (including phenoxy) is 1. The van der Waals surface area contributed by atoms with Crippen molar-refractivity contribution in [2.24, 2.45) is 0 Å². The molecule has 126 valence electrons. The van der Waals surface area contributed by atoms with Gasteiger partial charge in [-0.2, -0.15) is 0 Å². The number of carbonyl (C=O) groups is 1. The Kier molecular flexibility index (Phi) is 4.71. The SMILES string of the molecule is O=C(Nc1cccc(OCc2cccnc2)c1)C1CC(F)(F)CN1. The van der Waals surface area contributed by atoms with Gasteiger partial charge in [0.15, 0.2) is 0 Å². The van der Waals surface area contributed by atoms with Gasteiger partial charge in [-0.3, -0.25) is 15.1 Å². The molecule has 5 nitrogen and oxygen atoms in total. The van der Waals surface area contributed by atoms with E-state index in [9.17, 15) is 13.6 Å². The van der Waals surface area contributed by atoms with Crippen LogP contribution in [0.5, 0.6) is 5.75 Å². The molecule has 1 aliphatic heterocycles. The van der Waals surface area contributed by atoms with Crippen LogP contribution in [0.25, 0.3) is 0 Å². The smallest absolute Gasteiger partial charge is 0.262 e. The maximum absolute atomic E-state index is 13.2. The summed E-state index contributed by atoms with van der Waals surface area (Å²) in [6.45, 7) is -0.124. The Labute approximate surface area is 138 Å². The van der Waals surface area contributed by atoms with Crippen molar-refractivity contribution in [1.82, 2.24) is 10.3 Å². The minimum absolute atomic E-state index is 0.349. The average Bonchev–Trinajstić information content (AvgIpc) is 2.94. The zero-order valence-electron chi connectivity index (χ0n) is 12.8. The summed E-state index contributed by atoms with van der Waals surface area (Å²) >= 11 is 0. The normalized spacial score (nSPS) is 19.0. The topological polar surface area (TPSA) is 63.2 Å². The van der Waals surface area contributed by atoms with Gasteiger partial charge in [0.2, 0.25) is 5.91 Å². The molecule has 1 atom stereocenters. The van der Waals surface area contributed by atoms with Gasteiger partial charge in [-0.25, -0.2) is 8.78 Å². The van der Waals surface area contributed by atoms with Gasteiger partial charge >= 0.3 is 0 Å². The third-order valence-electron chi connectivity index (χ3n) is 3.66. The van der Waals surface area contributed by atoms with E-state index in [-0.39, 0.29) is 0 Å². The van der Waals surface area contributed by atoms with Crippen molar-refractivity contribution in [2.45, 2.75) is 25.0 Å². The van der Waals surface area contributed by atoms with E-state index >= 15 is 0 Å². The predicted octanol–water partition coefficient (Wildman–Crippen LogP) is 2.60. The summed E-state index contributed by atoms with van der Waals surface area (Å²) in [7, 11) is 0. The monoisotopic (exact) mass is 333 g/mol. The van der Waals surface area contributed by atoms with Crippen LogP contribution in [0, 0.1) is 0 Å². The third-order valence-corrected chi connectivity index (χ3v) is 3.66.